The van der Waals surface area contributed by atoms with Gasteiger partial charge in [0.25, 0.3) is 0 Å². The van der Waals surface area contributed by atoms with Crippen molar-refractivity contribution >= 4 is 15.8 Å². The summed E-state index contributed by atoms with van der Waals surface area (Å²) in [4.78, 5) is 5.61. The Morgan fingerprint density at radius 2 is 1.70 bits per heavy atom. The van der Waals surface area contributed by atoms with Gasteiger partial charge in [0.05, 0.1) is 17.0 Å². The zero-order valence-electron chi connectivity index (χ0n) is 19.5. The monoisotopic (exact) mass is 525 g/mol. The van der Waals surface area contributed by atoms with Gasteiger partial charge in [-0.15, -0.1) is 0 Å². The van der Waals surface area contributed by atoms with Crippen LogP contribution in [0.4, 0.5) is 19.1 Å². The molecule has 0 atom stereocenters. The van der Waals surface area contributed by atoms with E-state index in [9.17, 15) is 21.6 Å². The van der Waals surface area contributed by atoms with E-state index < -0.39 is 26.5 Å². The molecule has 0 fully saturated rings. The van der Waals surface area contributed by atoms with Gasteiger partial charge in [0.2, 0.25) is 15.8 Å². The van der Waals surface area contributed by atoms with Crippen LogP contribution >= 0.6 is 0 Å². The number of nitrogens with zero attached hydrogens (tertiary/aromatic N) is 3. The number of allylic oxidation sites excluding steroid dienone is 1. The number of aromatic nitrogens is 2. The summed E-state index contributed by atoms with van der Waals surface area (Å²) < 4.78 is 75.0. The van der Waals surface area contributed by atoms with Crippen LogP contribution in [0.2, 0.25) is 0 Å². The molecule has 10 heteroatoms. The van der Waals surface area contributed by atoms with E-state index in [0.717, 1.165) is 29.2 Å². The first-order valence-corrected chi connectivity index (χ1v) is 12.9. The minimum Gasteiger partial charge on any atom is -0.488 e. The highest BCUT2D eigenvalue weighted by molar-refractivity contribution is 7.91. The van der Waals surface area contributed by atoms with Crippen LogP contribution in [-0.2, 0) is 35.7 Å². The quantitative estimate of drug-likeness (QED) is 0.303. The Hall–Kier alpha value is -4.05. The highest BCUT2D eigenvalue weighted by Gasteiger charge is 2.34. The molecule has 3 aromatic carbocycles. The van der Waals surface area contributed by atoms with Gasteiger partial charge in [-0.25, -0.2) is 13.4 Å². The maximum absolute atomic E-state index is 13.5. The predicted octanol–water partition coefficient (Wildman–Crippen LogP) is 5.85. The molecular weight excluding hydrogens is 503 g/mol. The molecule has 0 spiro atoms. The van der Waals surface area contributed by atoms with E-state index in [2.05, 4.69) is 4.98 Å². The molecule has 0 N–H and O–H groups in total. The van der Waals surface area contributed by atoms with Crippen LogP contribution in [0.1, 0.15) is 16.7 Å². The molecule has 0 bridgehead atoms. The van der Waals surface area contributed by atoms with Gasteiger partial charge in [0.15, 0.2) is 0 Å². The zero-order valence-corrected chi connectivity index (χ0v) is 20.3. The van der Waals surface area contributed by atoms with Crippen LogP contribution < -0.4 is 9.64 Å². The molecule has 1 aromatic heterocycles. The first kappa shape index (κ1) is 24.6. The third kappa shape index (κ3) is 5.24. The number of halogens is 3. The Labute approximate surface area is 212 Å². The first-order chi connectivity index (χ1) is 17.7. The smallest absolute Gasteiger partial charge is 0.416 e. The maximum atomic E-state index is 13.5. The van der Waals surface area contributed by atoms with Crippen LogP contribution in [0.5, 0.6) is 5.75 Å². The van der Waals surface area contributed by atoms with Gasteiger partial charge in [0, 0.05) is 25.1 Å². The number of fused-ring (bicyclic) bond motifs is 1. The highest BCUT2D eigenvalue weighted by Crippen LogP contribution is 2.37. The third-order valence-electron chi connectivity index (χ3n) is 5.92. The summed E-state index contributed by atoms with van der Waals surface area (Å²) in [7, 11) is -4.32. The van der Waals surface area contributed by atoms with Crippen molar-refractivity contribution in [3.05, 3.63) is 114 Å². The van der Waals surface area contributed by atoms with Crippen LogP contribution in [0, 0.1) is 0 Å². The summed E-state index contributed by atoms with van der Waals surface area (Å²) in [6, 6.07) is 17.5. The molecule has 0 saturated heterocycles. The third-order valence-corrected chi connectivity index (χ3v) is 7.71. The van der Waals surface area contributed by atoms with E-state index in [-0.39, 0.29) is 17.3 Å². The van der Waals surface area contributed by atoms with E-state index in [1.807, 2.05) is 34.0 Å². The lowest BCUT2D eigenvalue weighted by Gasteiger charge is -2.24. The second-order valence-electron chi connectivity index (χ2n) is 8.47. The fraction of sp³-hybridized carbons (Fsp3) is 0.148. The largest absolute Gasteiger partial charge is 0.488 e. The normalized spacial score (nSPS) is 13.4. The van der Waals surface area contributed by atoms with Crippen molar-refractivity contribution in [2.45, 2.75) is 35.7 Å². The fourth-order valence-corrected chi connectivity index (χ4v) is 5.45. The van der Waals surface area contributed by atoms with Crippen LogP contribution in [-0.4, -0.2) is 18.0 Å². The molecule has 0 unspecified atom stereocenters. The summed E-state index contributed by atoms with van der Waals surface area (Å²) >= 11 is 0. The van der Waals surface area contributed by atoms with E-state index in [4.69, 9.17) is 4.74 Å². The number of sulfone groups is 1. The molecule has 37 heavy (non-hydrogen) atoms. The number of hydrogen-bond acceptors (Lipinski definition) is 5. The Kier molecular flexibility index (Phi) is 6.51. The van der Waals surface area contributed by atoms with E-state index >= 15 is 0 Å². The van der Waals surface area contributed by atoms with Crippen molar-refractivity contribution in [1.29, 1.82) is 0 Å². The van der Waals surface area contributed by atoms with Crippen molar-refractivity contribution in [3.8, 4) is 5.75 Å². The standard InChI is InChI=1S/C27H22F3N3O3S/c28-27(29,30)22-9-12-24(36-19-21-5-2-1-3-6-21)25(17-22)37(34,35)23-10-7-20(8-11-23)18-33-15-4-14-32-16-13-31-26(32)33/h1-13,15-17H,14,18-19H2. The lowest BCUT2D eigenvalue weighted by atomic mass is 10.2. The highest BCUT2D eigenvalue weighted by atomic mass is 32.2. The Balaban J connectivity index is 1.43. The Morgan fingerprint density at radius 1 is 0.946 bits per heavy atom. The van der Waals surface area contributed by atoms with Gasteiger partial charge in [-0.3, -0.25) is 0 Å². The number of hydrogen-bond donors (Lipinski definition) is 0. The van der Waals surface area contributed by atoms with Crippen molar-refractivity contribution in [2.75, 3.05) is 4.90 Å². The molecule has 2 heterocycles. The molecule has 6 nitrogen and oxygen atoms in total. The minimum absolute atomic E-state index is 0.00672. The van der Waals surface area contributed by atoms with Gasteiger partial charge in [0.1, 0.15) is 17.3 Å². The van der Waals surface area contributed by atoms with Gasteiger partial charge in [-0.05, 0) is 47.5 Å². The average Bonchev–Trinajstić information content (AvgIpc) is 3.38. The predicted molar refractivity (Wildman–Crippen MR) is 132 cm³/mol. The summed E-state index contributed by atoms with van der Waals surface area (Å²) in [5.41, 5.74) is 0.495. The lowest BCUT2D eigenvalue weighted by molar-refractivity contribution is -0.137. The molecule has 5 rings (SSSR count). The van der Waals surface area contributed by atoms with Gasteiger partial charge < -0.3 is 14.2 Å². The topological polar surface area (TPSA) is 64.4 Å². The Morgan fingerprint density at radius 3 is 2.43 bits per heavy atom. The molecule has 0 aliphatic carbocycles. The fourth-order valence-electron chi connectivity index (χ4n) is 4.03. The van der Waals surface area contributed by atoms with Crippen molar-refractivity contribution in [3.63, 3.8) is 0 Å². The second-order valence-corrected chi connectivity index (χ2v) is 10.4. The second kappa shape index (κ2) is 9.78. The summed E-state index contributed by atoms with van der Waals surface area (Å²) in [5, 5.41) is 0. The lowest BCUT2D eigenvalue weighted by Crippen LogP contribution is -2.22. The molecule has 190 valence electrons. The number of ether oxygens (including phenoxy) is 1. The molecule has 0 saturated carbocycles. The SMILES string of the molecule is O=S(=O)(c1ccc(CN2C=CCn3ccnc32)cc1)c1cc(C(F)(F)F)ccc1OCc1ccccc1. The van der Waals surface area contributed by atoms with Gasteiger partial charge >= 0.3 is 6.18 Å². The number of alkyl halides is 3. The van der Waals surface area contributed by atoms with Gasteiger partial charge in [-0.1, -0.05) is 42.5 Å². The molecule has 0 amide bonds. The Bertz CT molecular complexity index is 1530. The molecule has 0 radical (unpaired) electrons. The summed E-state index contributed by atoms with van der Waals surface area (Å²) in [6.45, 7) is 1.17. The maximum Gasteiger partial charge on any atom is 0.416 e. The molecule has 4 aromatic rings. The average molecular weight is 526 g/mol. The number of benzene rings is 3. The van der Waals surface area contributed by atoms with Crippen LogP contribution in [0.15, 0.2) is 107 Å². The van der Waals surface area contributed by atoms with E-state index in [0.29, 0.717) is 19.2 Å². The first-order valence-electron chi connectivity index (χ1n) is 11.4. The molecule has 1 aliphatic rings. The number of anilines is 1. The molecular formula is C27H22F3N3O3S. The van der Waals surface area contributed by atoms with Crippen molar-refractivity contribution in [2.24, 2.45) is 0 Å². The zero-order chi connectivity index (χ0) is 26.0. The van der Waals surface area contributed by atoms with Crippen molar-refractivity contribution < 1.29 is 26.3 Å². The van der Waals surface area contributed by atoms with Crippen molar-refractivity contribution in [1.82, 2.24) is 9.55 Å². The number of rotatable bonds is 7. The van der Waals surface area contributed by atoms with E-state index in [1.165, 1.54) is 12.1 Å². The number of imidazole rings is 1. The van der Waals surface area contributed by atoms with E-state index in [1.54, 1.807) is 42.6 Å². The van der Waals surface area contributed by atoms with Crippen LogP contribution in [0.3, 0.4) is 0 Å². The molecule has 1 aliphatic heterocycles. The summed E-state index contributed by atoms with van der Waals surface area (Å²) in [6.07, 6.45) is 2.76. The minimum atomic E-state index is -4.71. The summed E-state index contributed by atoms with van der Waals surface area (Å²) in [5.74, 6) is 0.620. The van der Waals surface area contributed by atoms with Gasteiger partial charge in [-0.2, -0.15) is 13.2 Å². The van der Waals surface area contributed by atoms with Crippen LogP contribution in [0.25, 0.3) is 0 Å².